The zero-order chi connectivity index (χ0) is 11.1. The Labute approximate surface area is 111 Å². The highest BCUT2D eigenvalue weighted by Crippen LogP contribution is 2.41. The van der Waals surface area contributed by atoms with Gasteiger partial charge in [-0.25, -0.2) is 0 Å². The molecule has 2 aromatic carbocycles. The minimum atomic E-state index is 0. The van der Waals surface area contributed by atoms with E-state index in [1.54, 1.807) is 6.07 Å². The molecule has 2 N–H and O–H groups in total. The van der Waals surface area contributed by atoms with Crippen molar-refractivity contribution in [3.05, 3.63) is 35.9 Å². The van der Waals surface area contributed by atoms with Crippen LogP contribution >= 0.6 is 24.0 Å². The van der Waals surface area contributed by atoms with E-state index in [1.165, 1.54) is 5.56 Å². The van der Waals surface area contributed by atoms with Gasteiger partial charge in [-0.15, -0.1) is 24.0 Å². The van der Waals surface area contributed by atoms with Gasteiger partial charge in [0.05, 0.1) is 0 Å². The lowest BCUT2D eigenvalue weighted by atomic mass is 9.95. The van der Waals surface area contributed by atoms with Gasteiger partial charge in [-0.05, 0) is 10.9 Å². The molecule has 0 saturated carbocycles. The summed E-state index contributed by atoms with van der Waals surface area (Å²) in [6, 6.07) is 9.71. The highest BCUT2D eigenvalue weighted by molar-refractivity contribution is 6.18. The van der Waals surface area contributed by atoms with Crippen molar-refractivity contribution in [1.29, 1.82) is 0 Å². The summed E-state index contributed by atoms with van der Waals surface area (Å²) in [7, 11) is 0. The van der Waals surface area contributed by atoms with Crippen LogP contribution in [0.25, 0.3) is 10.8 Å². The molecule has 17 heavy (non-hydrogen) atoms. The molecule has 0 spiro atoms. The van der Waals surface area contributed by atoms with E-state index in [0.29, 0.717) is 17.5 Å². The Morgan fingerprint density at radius 2 is 2.00 bits per heavy atom. The highest BCUT2D eigenvalue weighted by atomic mass is 35.5. The lowest BCUT2D eigenvalue weighted by Crippen LogP contribution is -2.02. The van der Waals surface area contributed by atoms with Crippen molar-refractivity contribution in [2.45, 2.75) is 5.92 Å². The summed E-state index contributed by atoms with van der Waals surface area (Å²) in [6.45, 7) is 0.853. The van der Waals surface area contributed by atoms with Crippen LogP contribution in [0.3, 0.4) is 0 Å². The maximum atomic E-state index is 9.92. The number of fused-ring (bicyclic) bond motifs is 3. The molecular formula is C13H13Cl2NO. The molecule has 1 heterocycles. The quantitative estimate of drug-likeness (QED) is 0.774. The van der Waals surface area contributed by atoms with Gasteiger partial charge in [-0.3, -0.25) is 0 Å². The fourth-order valence-electron chi connectivity index (χ4n) is 2.43. The third kappa shape index (κ3) is 1.81. The zero-order valence-electron chi connectivity index (χ0n) is 9.11. The second-order valence-electron chi connectivity index (χ2n) is 4.13. The Bertz CT molecular complexity index is 556. The average molecular weight is 270 g/mol. The molecule has 0 amide bonds. The van der Waals surface area contributed by atoms with Crippen molar-refractivity contribution >= 4 is 40.5 Å². The van der Waals surface area contributed by atoms with Gasteiger partial charge in [-0.1, -0.05) is 24.3 Å². The largest absolute Gasteiger partial charge is 0.507 e. The number of anilines is 1. The van der Waals surface area contributed by atoms with E-state index < -0.39 is 0 Å². The summed E-state index contributed by atoms with van der Waals surface area (Å²) >= 11 is 5.97. The predicted octanol–water partition coefficient (Wildman–Crippen LogP) is 3.72. The summed E-state index contributed by atoms with van der Waals surface area (Å²) in [6.07, 6.45) is 0. The number of benzene rings is 2. The van der Waals surface area contributed by atoms with Gasteiger partial charge in [-0.2, -0.15) is 0 Å². The van der Waals surface area contributed by atoms with E-state index in [0.717, 1.165) is 23.0 Å². The van der Waals surface area contributed by atoms with Crippen LogP contribution in [0.2, 0.25) is 0 Å². The van der Waals surface area contributed by atoms with Crippen LogP contribution < -0.4 is 5.32 Å². The number of nitrogens with one attached hydrogen (secondary N) is 1. The van der Waals surface area contributed by atoms with E-state index in [2.05, 4.69) is 5.32 Å². The fraction of sp³-hybridized carbons (Fsp3) is 0.231. The van der Waals surface area contributed by atoms with E-state index in [9.17, 15) is 5.11 Å². The van der Waals surface area contributed by atoms with Crippen LogP contribution in [0.1, 0.15) is 11.5 Å². The van der Waals surface area contributed by atoms with Crippen LogP contribution in [0, 0.1) is 0 Å². The third-order valence-corrected chi connectivity index (χ3v) is 3.57. The molecule has 1 aliphatic rings. The Balaban J connectivity index is 0.00000108. The Morgan fingerprint density at radius 3 is 2.71 bits per heavy atom. The van der Waals surface area contributed by atoms with Crippen LogP contribution in [-0.2, 0) is 0 Å². The minimum absolute atomic E-state index is 0. The summed E-state index contributed by atoms with van der Waals surface area (Å²) < 4.78 is 0. The second-order valence-corrected chi connectivity index (χ2v) is 4.44. The molecule has 1 aliphatic heterocycles. The fourth-order valence-corrected chi connectivity index (χ4v) is 2.70. The van der Waals surface area contributed by atoms with Crippen LogP contribution in [0.15, 0.2) is 30.3 Å². The molecule has 2 nitrogen and oxygen atoms in total. The number of rotatable bonds is 1. The number of alkyl halides is 1. The molecule has 0 radical (unpaired) electrons. The zero-order valence-corrected chi connectivity index (χ0v) is 10.7. The molecule has 90 valence electrons. The van der Waals surface area contributed by atoms with Gasteiger partial charge in [0.1, 0.15) is 5.75 Å². The molecule has 3 rings (SSSR count). The van der Waals surface area contributed by atoms with Crippen LogP contribution in [-0.4, -0.2) is 17.5 Å². The number of hydrogen-bond acceptors (Lipinski definition) is 2. The van der Waals surface area contributed by atoms with E-state index in [-0.39, 0.29) is 12.4 Å². The van der Waals surface area contributed by atoms with Crippen LogP contribution in [0.5, 0.6) is 5.75 Å². The van der Waals surface area contributed by atoms with Crippen molar-refractivity contribution in [2.24, 2.45) is 0 Å². The van der Waals surface area contributed by atoms with Gasteiger partial charge >= 0.3 is 0 Å². The second kappa shape index (κ2) is 4.63. The van der Waals surface area contributed by atoms with Crippen molar-refractivity contribution in [2.75, 3.05) is 17.7 Å². The first-order chi connectivity index (χ1) is 7.81. The van der Waals surface area contributed by atoms with Gasteiger partial charge < -0.3 is 10.4 Å². The number of phenols is 1. The molecule has 0 aliphatic carbocycles. The first-order valence-electron chi connectivity index (χ1n) is 5.35. The topological polar surface area (TPSA) is 32.3 Å². The molecule has 0 bridgehead atoms. The standard InChI is InChI=1S/C13H12ClNO.ClH/c14-6-8-7-15-11-5-12(16)9-3-1-2-4-10(9)13(8)11;/h1-5,8,15-16H,6-7H2;1H/t8-;/m1./s1. The molecule has 4 heteroatoms. The summed E-state index contributed by atoms with van der Waals surface area (Å²) in [4.78, 5) is 0. The summed E-state index contributed by atoms with van der Waals surface area (Å²) in [5, 5.41) is 15.2. The van der Waals surface area contributed by atoms with Gasteiger partial charge in [0, 0.05) is 35.5 Å². The van der Waals surface area contributed by atoms with Crippen molar-refractivity contribution < 1.29 is 5.11 Å². The Morgan fingerprint density at radius 1 is 1.29 bits per heavy atom. The van der Waals surface area contributed by atoms with Crippen molar-refractivity contribution in [3.63, 3.8) is 0 Å². The number of aromatic hydroxyl groups is 1. The summed E-state index contributed by atoms with van der Waals surface area (Å²) in [5.41, 5.74) is 2.25. The van der Waals surface area contributed by atoms with Crippen molar-refractivity contribution in [1.82, 2.24) is 0 Å². The maximum Gasteiger partial charge on any atom is 0.125 e. The highest BCUT2D eigenvalue weighted by Gasteiger charge is 2.24. The first-order valence-corrected chi connectivity index (χ1v) is 5.89. The molecule has 0 fully saturated rings. The van der Waals surface area contributed by atoms with E-state index >= 15 is 0 Å². The van der Waals surface area contributed by atoms with Crippen LogP contribution in [0.4, 0.5) is 5.69 Å². The first kappa shape index (κ1) is 12.3. The lowest BCUT2D eigenvalue weighted by Gasteiger charge is -2.10. The van der Waals surface area contributed by atoms with E-state index in [1.807, 2.05) is 24.3 Å². The molecule has 0 aromatic heterocycles. The molecule has 2 aromatic rings. The normalized spacial score (nSPS) is 17.4. The molecular weight excluding hydrogens is 257 g/mol. The number of halogens is 2. The number of hydrogen-bond donors (Lipinski definition) is 2. The molecule has 0 unspecified atom stereocenters. The SMILES string of the molecule is Cl.Oc1cc2c(c3ccccc13)[C@H](CCl)CN2. The lowest BCUT2D eigenvalue weighted by molar-refractivity contribution is 0.482. The third-order valence-electron chi connectivity index (χ3n) is 3.20. The Hall–Kier alpha value is -1.12. The smallest absolute Gasteiger partial charge is 0.125 e. The van der Waals surface area contributed by atoms with Gasteiger partial charge in [0.25, 0.3) is 0 Å². The van der Waals surface area contributed by atoms with E-state index in [4.69, 9.17) is 11.6 Å². The number of phenolic OH excluding ortho intramolecular Hbond substituents is 1. The average Bonchev–Trinajstić information content (AvgIpc) is 2.72. The molecule has 1 atom stereocenters. The van der Waals surface area contributed by atoms with Crippen molar-refractivity contribution in [3.8, 4) is 5.75 Å². The minimum Gasteiger partial charge on any atom is -0.507 e. The van der Waals surface area contributed by atoms with Gasteiger partial charge in [0.2, 0.25) is 0 Å². The monoisotopic (exact) mass is 269 g/mol. The maximum absolute atomic E-state index is 9.92. The summed E-state index contributed by atoms with van der Waals surface area (Å²) in [5.74, 6) is 1.27. The molecule has 0 saturated heterocycles. The van der Waals surface area contributed by atoms with Gasteiger partial charge in [0.15, 0.2) is 0 Å². The Kier molecular flexibility index (Phi) is 3.36. The predicted molar refractivity (Wildman–Crippen MR) is 74.8 cm³/mol.